The van der Waals surface area contributed by atoms with Crippen molar-refractivity contribution in [1.82, 2.24) is 19.6 Å². The number of aryl methyl sites for hydroxylation is 1. The maximum atomic E-state index is 12.6. The monoisotopic (exact) mass is 371 g/mol. The van der Waals surface area contributed by atoms with Crippen molar-refractivity contribution < 1.29 is 4.79 Å². The van der Waals surface area contributed by atoms with E-state index in [1.165, 1.54) is 11.1 Å². The number of nitrogens with zero attached hydrogens (tertiary/aromatic N) is 4. The lowest BCUT2D eigenvalue weighted by molar-refractivity contribution is 0.102. The third kappa shape index (κ3) is 4.35. The van der Waals surface area contributed by atoms with E-state index in [9.17, 15) is 4.79 Å². The molecule has 140 valence electrons. The number of carbonyl (C=O) groups excluding carboxylic acids is 1. The molecule has 2 aromatic heterocycles. The molecule has 0 aliphatic rings. The normalized spacial score (nSPS) is 10.8. The van der Waals surface area contributed by atoms with E-state index in [2.05, 4.69) is 40.6 Å². The fourth-order valence-electron chi connectivity index (χ4n) is 3.11. The zero-order valence-electron chi connectivity index (χ0n) is 15.6. The molecule has 2 heterocycles. The minimum Gasteiger partial charge on any atom is -0.319 e. The summed E-state index contributed by atoms with van der Waals surface area (Å²) in [5.74, 6) is -0.155. The van der Waals surface area contributed by atoms with Gasteiger partial charge in [0.05, 0.1) is 25.0 Å². The average molecular weight is 371 g/mol. The van der Waals surface area contributed by atoms with Crippen molar-refractivity contribution in [3.8, 4) is 0 Å². The van der Waals surface area contributed by atoms with Crippen LogP contribution in [0.5, 0.6) is 0 Å². The molecule has 1 amide bonds. The van der Waals surface area contributed by atoms with Gasteiger partial charge in [-0.2, -0.15) is 10.2 Å². The highest BCUT2D eigenvalue weighted by Gasteiger charge is 2.09. The molecule has 0 spiro atoms. The third-order valence-corrected chi connectivity index (χ3v) is 4.41. The van der Waals surface area contributed by atoms with Crippen LogP contribution in [0.25, 0.3) is 0 Å². The molecular formula is C22H21N5O. The van der Waals surface area contributed by atoms with Crippen LogP contribution >= 0.6 is 0 Å². The average Bonchev–Trinajstić information content (AvgIpc) is 3.34. The largest absolute Gasteiger partial charge is 0.319 e. The number of hydrogen-bond acceptors (Lipinski definition) is 3. The molecule has 0 unspecified atom stereocenters. The highest BCUT2D eigenvalue weighted by atomic mass is 16.1. The Balaban J connectivity index is 1.42. The predicted molar refractivity (Wildman–Crippen MR) is 108 cm³/mol. The van der Waals surface area contributed by atoms with Gasteiger partial charge in [-0.1, -0.05) is 42.0 Å². The summed E-state index contributed by atoms with van der Waals surface area (Å²) in [6, 6.07) is 17.7. The molecule has 0 radical (unpaired) electrons. The lowest BCUT2D eigenvalue weighted by atomic mass is 10.1. The Kier molecular flexibility index (Phi) is 5.01. The number of benzene rings is 2. The van der Waals surface area contributed by atoms with Gasteiger partial charge in [0.25, 0.3) is 5.91 Å². The van der Waals surface area contributed by atoms with Gasteiger partial charge in [0.15, 0.2) is 0 Å². The van der Waals surface area contributed by atoms with Gasteiger partial charge in [0, 0.05) is 24.2 Å². The van der Waals surface area contributed by atoms with Gasteiger partial charge < -0.3 is 5.32 Å². The van der Waals surface area contributed by atoms with Crippen molar-refractivity contribution in [2.75, 3.05) is 5.32 Å². The molecule has 0 aliphatic carbocycles. The van der Waals surface area contributed by atoms with Gasteiger partial charge in [-0.15, -0.1) is 0 Å². The van der Waals surface area contributed by atoms with Crippen molar-refractivity contribution in [1.29, 1.82) is 0 Å². The van der Waals surface area contributed by atoms with E-state index in [0.717, 1.165) is 5.56 Å². The van der Waals surface area contributed by atoms with Gasteiger partial charge in [0.1, 0.15) is 0 Å². The van der Waals surface area contributed by atoms with Crippen LogP contribution in [0.2, 0.25) is 0 Å². The first-order chi connectivity index (χ1) is 13.7. The first-order valence-corrected chi connectivity index (χ1v) is 9.11. The Morgan fingerprint density at radius 3 is 2.54 bits per heavy atom. The molecule has 0 aliphatic heterocycles. The summed E-state index contributed by atoms with van der Waals surface area (Å²) in [6.45, 7) is 3.36. The van der Waals surface area contributed by atoms with Crippen LogP contribution < -0.4 is 5.32 Å². The van der Waals surface area contributed by atoms with E-state index in [1.807, 2.05) is 52.1 Å². The van der Waals surface area contributed by atoms with Crippen LogP contribution in [0.15, 0.2) is 79.4 Å². The highest BCUT2D eigenvalue weighted by molar-refractivity contribution is 6.04. The predicted octanol–water partition coefficient (Wildman–Crippen LogP) is 3.74. The van der Waals surface area contributed by atoms with E-state index in [-0.39, 0.29) is 5.91 Å². The molecule has 0 saturated heterocycles. The first-order valence-electron chi connectivity index (χ1n) is 9.11. The second kappa shape index (κ2) is 7.92. The molecule has 4 aromatic rings. The van der Waals surface area contributed by atoms with Gasteiger partial charge in [-0.3, -0.25) is 14.2 Å². The molecule has 0 bridgehead atoms. The van der Waals surface area contributed by atoms with Crippen LogP contribution in [-0.2, 0) is 13.1 Å². The summed E-state index contributed by atoms with van der Waals surface area (Å²) in [4.78, 5) is 12.6. The van der Waals surface area contributed by atoms with Gasteiger partial charge in [-0.05, 0) is 36.2 Å². The molecule has 6 heteroatoms. The van der Waals surface area contributed by atoms with Gasteiger partial charge in [0.2, 0.25) is 0 Å². The van der Waals surface area contributed by atoms with E-state index in [0.29, 0.717) is 24.3 Å². The quantitative estimate of drug-likeness (QED) is 0.562. The molecule has 28 heavy (non-hydrogen) atoms. The number of anilines is 1. The summed E-state index contributed by atoms with van der Waals surface area (Å²) >= 11 is 0. The number of nitrogens with one attached hydrogen (secondary N) is 1. The minimum atomic E-state index is -0.155. The molecule has 2 aromatic carbocycles. The van der Waals surface area contributed by atoms with Crippen molar-refractivity contribution in [3.63, 3.8) is 0 Å². The number of carbonyl (C=O) groups is 1. The summed E-state index contributed by atoms with van der Waals surface area (Å²) < 4.78 is 3.64. The number of hydrogen-bond donors (Lipinski definition) is 1. The topological polar surface area (TPSA) is 64.7 Å². The molecule has 0 fully saturated rings. The lowest BCUT2D eigenvalue weighted by Gasteiger charge is -2.06. The Bertz CT molecular complexity index is 1080. The molecule has 4 rings (SSSR count). The van der Waals surface area contributed by atoms with Crippen LogP contribution in [0.1, 0.15) is 27.0 Å². The zero-order chi connectivity index (χ0) is 19.3. The zero-order valence-corrected chi connectivity index (χ0v) is 15.6. The van der Waals surface area contributed by atoms with E-state index >= 15 is 0 Å². The van der Waals surface area contributed by atoms with Crippen molar-refractivity contribution >= 4 is 11.6 Å². The molecule has 6 nitrogen and oxygen atoms in total. The third-order valence-electron chi connectivity index (χ3n) is 4.41. The van der Waals surface area contributed by atoms with Crippen LogP contribution in [0.3, 0.4) is 0 Å². The Hall–Kier alpha value is -3.67. The second-order valence-electron chi connectivity index (χ2n) is 6.77. The van der Waals surface area contributed by atoms with Crippen molar-refractivity contribution in [2.45, 2.75) is 20.0 Å². The molecule has 0 saturated carbocycles. The number of amides is 1. The molecule has 1 N–H and O–H groups in total. The van der Waals surface area contributed by atoms with E-state index < -0.39 is 0 Å². The van der Waals surface area contributed by atoms with Crippen LogP contribution in [0.4, 0.5) is 5.69 Å². The first kappa shape index (κ1) is 17.7. The maximum absolute atomic E-state index is 12.6. The smallest absolute Gasteiger partial charge is 0.255 e. The number of aromatic nitrogens is 4. The Morgan fingerprint density at radius 1 is 0.964 bits per heavy atom. The van der Waals surface area contributed by atoms with E-state index in [1.54, 1.807) is 18.5 Å². The van der Waals surface area contributed by atoms with Gasteiger partial charge >= 0.3 is 0 Å². The summed E-state index contributed by atoms with van der Waals surface area (Å²) in [5, 5.41) is 11.5. The second-order valence-corrected chi connectivity index (χ2v) is 6.77. The Morgan fingerprint density at radius 2 is 1.75 bits per heavy atom. The number of rotatable bonds is 6. The van der Waals surface area contributed by atoms with E-state index in [4.69, 9.17) is 0 Å². The molecular weight excluding hydrogens is 350 g/mol. The van der Waals surface area contributed by atoms with Gasteiger partial charge in [-0.25, -0.2) is 0 Å². The highest BCUT2D eigenvalue weighted by Crippen LogP contribution is 2.13. The van der Waals surface area contributed by atoms with Crippen LogP contribution in [0, 0.1) is 6.92 Å². The summed E-state index contributed by atoms with van der Waals surface area (Å²) in [5.41, 5.74) is 4.69. The summed E-state index contributed by atoms with van der Waals surface area (Å²) in [7, 11) is 0. The van der Waals surface area contributed by atoms with Crippen molar-refractivity contribution in [2.24, 2.45) is 0 Å². The maximum Gasteiger partial charge on any atom is 0.255 e. The minimum absolute atomic E-state index is 0.155. The summed E-state index contributed by atoms with van der Waals surface area (Å²) in [6.07, 6.45) is 7.15. The Labute approximate surface area is 163 Å². The van der Waals surface area contributed by atoms with Crippen molar-refractivity contribution in [3.05, 3.63) is 102 Å². The molecule has 0 atom stereocenters. The SMILES string of the molecule is Cc1cccc(Cn2cc(NC(=O)c3cccc(Cn4cccn4)c3)cn2)c1. The fourth-order valence-corrected chi connectivity index (χ4v) is 3.11. The van der Waals surface area contributed by atoms with Crippen LogP contribution in [-0.4, -0.2) is 25.5 Å². The lowest BCUT2D eigenvalue weighted by Crippen LogP contribution is -2.12. The fraction of sp³-hybridized carbons (Fsp3) is 0.136. The standard InChI is InChI=1S/C22H21N5O/c1-17-5-2-6-18(11-17)15-27-16-21(13-24-27)25-22(28)20-8-3-7-19(12-20)14-26-10-4-9-23-26/h2-13,16H,14-15H2,1H3,(H,25,28).